The fourth-order valence-electron chi connectivity index (χ4n) is 2.73. The number of carboxylic acids is 1. The number of hydrogen-bond acceptors (Lipinski definition) is 3. The third-order valence-corrected chi connectivity index (χ3v) is 4.81. The molecule has 1 aromatic rings. The van der Waals surface area contributed by atoms with Crippen LogP contribution in [0.15, 0.2) is 21.2 Å². The Labute approximate surface area is 132 Å². The third kappa shape index (κ3) is 2.37. The molecule has 2 heterocycles. The average Bonchev–Trinajstić information content (AvgIpc) is 3.13. The van der Waals surface area contributed by atoms with Crippen LogP contribution < -0.4 is 0 Å². The Kier molecular flexibility index (Phi) is 3.58. The van der Waals surface area contributed by atoms with Gasteiger partial charge in [0.1, 0.15) is 0 Å². The minimum Gasteiger partial charge on any atom is -0.481 e. The van der Waals surface area contributed by atoms with Crippen LogP contribution in [-0.4, -0.2) is 32.9 Å². The minimum absolute atomic E-state index is 0.0562. The smallest absolute Gasteiger partial charge is 0.309 e. The predicted octanol–water partition coefficient (Wildman–Crippen LogP) is 2.74. The summed E-state index contributed by atoms with van der Waals surface area (Å²) in [5.41, 5.74) is 0.623. The summed E-state index contributed by atoms with van der Waals surface area (Å²) >= 11 is 6.76. The van der Waals surface area contributed by atoms with Gasteiger partial charge in [0.25, 0.3) is 0 Å². The van der Waals surface area contributed by atoms with Gasteiger partial charge in [-0.1, -0.05) is 0 Å². The molecule has 7 heteroatoms. The lowest BCUT2D eigenvalue weighted by molar-refractivity contribution is -0.142. The summed E-state index contributed by atoms with van der Waals surface area (Å²) in [6.45, 7) is 0. The molecule has 0 radical (unpaired) electrons. The molecule has 1 aromatic heterocycles. The number of nitrogens with zero attached hydrogens (tertiary/aromatic N) is 2. The van der Waals surface area contributed by atoms with E-state index in [0.717, 1.165) is 21.8 Å². The van der Waals surface area contributed by atoms with E-state index >= 15 is 0 Å². The molecule has 3 rings (SSSR count). The number of pyridine rings is 1. The summed E-state index contributed by atoms with van der Waals surface area (Å²) in [5.74, 6) is -1.75. The first-order valence-electron chi connectivity index (χ1n) is 6.34. The molecule has 2 aliphatic rings. The Balaban J connectivity index is 2.05. The van der Waals surface area contributed by atoms with E-state index in [1.165, 1.54) is 0 Å². The zero-order valence-corrected chi connectivity index (χ0v) is 13.6. The van der Waals surface area contributed by atoms with E-state index in [9.17, 15) is 14.7 Å². The number of likely N-dealkylation sites (tertiary alicyclic amines) is 1. The molecule has 20 heavy (non-hydrogen) atoms. The number of carbonyl (C=O) groups is 2. The molecule has 1 saturated heterocycles. The SMILES string of the molecule is O=C(O)C1CC(=O)N(C2CC2)C1c1ncc(Br)cc1Br. The lowest BCUT2D eigenvalue weighted by atomic mass is 9.97. The van der Waals surface area contributed by atoms with Crippen LogP contribution in [0.2, 0.25) is 0 Å². The lowest BCUT2D eigenvalue weighted by Gasteiger charge is -2.27. The maximum atomic E-state index is 12.1. The van der Waals surface area contributed by atoms with Crippen molar-refractivity contribution in [2.45, 2.75) is 31.3 Å². The van der Waals surface area contributed by atoms with Crippen molar-refractivity contribution in [3.05, 3.63) is 26.9 Å². The molecule has 0 bridgehead atoms. The van der Waals surface area contributed by atoms with E-state index in [-0.39, 0.29) is 18.4 Å². The van der Waals surface area contributed by atoms with Gasteiger partial charge < -0.3 is 10.0 Å². The second-order valence-corrected chi connectivity index (χ2v) is 6.92. The number of rotatable bonds is 3. The number of hydrogen-bond donors (Lipinski definition) is 1. The molecule has 2 atom stereocenters. The standard InChI is InChI=1S/C13H12Br2N2O3/c14-6-3-9(15)11(16-5-6)12-8(13(19)20)4-10(18)17(12)7-1-2-7/h3,5,7-8,12H,1-2,4H2,(H,19,20). The molecule has 1 aliphatic heterocycles. The van der Waals surface area contributed by atoms with Crippen molar-refractivity contribution in [2.24, 2.45) is 5.92 Å². The molecule has 5 nitrogen and oxygen atoms in total. The van der Waals surface area contributed by atoms with Crippen molar-refractivity contribution >= 4 is 43.7 Å². The third-order valence-electron chi connectivity index (χ3n) is 3.74. The normalized spacial score (nSPS) is 26.1. The number of halogens is 2. The first kappa shape index (κ1) is 14.0. The van der Waals surface area contributed by atoms with Crippen LogP contribution in [0.4, 0.5) is 0 Å². The van der Waals surface area contributed by atoms with Crippen LogP contribution in [-0.2, 0) is 9.59 Å². The summed E-state index contributed by atoms with van der Waals surface area (Å²) in [7, 11) is 0. The van der Waals surface area contributed by atoms with E-state index in [0.29, 0.717) is 5.69 Å². The van der Waals surface area contributed by atoms with Crippen molar-refractivity contribution in [3.63, 3.8) is 0 Å². The highest BCUT2D eigenvalue weighted by Gasteiger charge is 2.51. The molecule has 0 spiro atoms. The Bertz CT molecular complexity index is 589. The Morgan fingerprint density at radius 2 is 2.10 bits per heavy atom. The highest BCUT2D eigenvalue weighted by atomic mass is 79.9. The van der Waals surface area contributed by atoms with E-state index in [1.54, 1.807) is 11.1 Å². The van der Waals surface area contributed by atoms with E-state index in [2.05, 4.69) is 36.8 Å². The fourth-order valence-corrected chi connectivity index (χ4v) is 3.95. The quantitative estimate of drug-likeness (QED) is 0.842. The van der Waals surface area contributed by atoms with E-state index < -0.39 is 17.9 Å². The van der Waals surface area contributed by atoms with Crippen molar-refractivity contribution in [2.75, 3.05) is 0 Å². The summed E-state index contributed by atoms with van der Waals surface area (Å²) in [6, 6.07) is 1.53. The predicted molar refractivity (Wildman–Crippen MR) is 78.0 cm³/mol. The molecule has 1 amide bonds. The molecular formula is C13H12Br2N2O3. The van der Waals surface area contributed by atoms with Crippen molar-refractivity contribution < 1.29 is 14.7 Å². The largest absolute Gasteiger partial charge is 0.481 e. The maximum absolute atomic E-state index is 12.1. The topological polar surface area (TPSA) is 70.5 Å². The summed E-state index contributed by atoms with van der Waals surface area (Å²) in [4.78, 5) is 29.7. The zero-order valence-electron chi connectivity index (χ0n) is 10.4. The highest BCUT2D eigenvalue weighted by Crippen LogP contribution is 2.46. The number of aliphatic carboxylic acids is 1. The van der Waals surface area contributed by atoms with Gasteiger partial charge in [0.05, 0.1) is 17.7 Å². The van der Waals surface area contributed by atoms with Gasteiger partial charge in [0.2, 0.25) is 5.91 Å². The van der Waals surface area contributed by atoms with Gasteiger partial charge in [-0.05, 0) is 50.8 Å². The molecule has 0 aromatic carbocycles. The minimum atomic E-state index is -0.942. The molecule has 106 valence electrons. The monoisotopic (exact) mass is 402 g/mol. The van der Waals surface area contributed by atoms with Gasteiger partial charge in [-0.3, -0.25) is 14.6 Å². The van der Waals surface area contributed by atoms with Crippen LogP contribution in [0.25, 0.3) is 0 Å². The number of carbonyl (C=O) groups excluding carboxylic acids is 1. The molecule has 1 saturated carbocycles. The second kappa shape index (κ2) is 5.11. The number of aromatic nitrogens is 1. The van der Waals surface area contributed by atoms with Crippen molar-refractivity contribution in [1.82, 2.24) is 9.88 Å². The maximum Gasteiger partial charge on any atom is 0.309 e. The lowest BCUT2D eigenvalue weighted by Crippen LogP contribution is -2.33. The average molecular weight is 404 g/mol. The number of carboxylic acid groups (broad SMARTS) is 1. The van der Waals surface area contributed by atoms with E-state index in [4.69, 9.17) is 0 Å². The molecule has 1 N–H and O–H groups in total. The highest BCUT2D eigenvalue weighted by molar-refractivity contribution is 9.11. The van der Waals surface area contributed by atoms with Crippen LogP contribution >= 0.6 is 31.9 Å². The fraction of sp³-hybridized carbons (Fsp3) is 0.462. The Hall–Kier alpha value is -0.950. The Morgan fingerprint density at radius 1 is 1.40 bits per heavy atom. The van der Waals surface area contributed by atoms with Gasteiger partial charge >= 0.3 is 5.97 Å². The van der Waals surface area contributed by atoms with Crippen LogP contribution in [0.1, 0.15) is 31.0 Å². The molecule has 2 fully saturated rings. The molecular weight excluding hydrogens is 392 g/mol. The van der Waals surface area contributed by atoms with Gasteiger partial charge in [-0.2, -0.15) is 0 Å². The van der Waals surface area contributed by atoms with Gasteiger partial charge in [-0.15, -0.1) is 0 Å². The summed E-state index contributed by atoms with van der Waals surface area (Å²) in [5, 5.41) is 9.40. The van der Waals surface area contributed by atoms with Crippen LogP contribution in [0, 0.1) is 5.92 Å². The summed E-state index contributed by atoms with van der Waals surface area (Å²) in [6.07, 6.45) is 3.58. The van der Waals surface area contributed by atoms with Crippen molar-refractivity contribution in [1.29, 1.82) is 0 Å². The van der Waals surface area contributed by atoms with E-state index in [1.807, 2.05) is 6.07 Å². The van der Waals surface area contributed by atoms with Crippen molar-refractivity contribution in [3.8, 4) is 0 Å². The Morgan fingerprint density at radius 3 is 2.65 bits per heavy atom. The van der Waals surface area contributed by atoms with Gasteiger partial charge in [0.15, 0.2) is 0 Å². The molecule has 1 aliphatic carbocycles. The molecule has 2 unspecified atom stereocenters. The first-order valence-corrected chi connectivity index (χ1v) is 7.92. The zero-order chi connectivity index (χ0) is 14.4. The summed E-state index contributed by atoms with van der Waals surface area (Å²) < 4.78 is 1.53. The first-order chi connectivity index (χ1) is 9.49. The number of amides is 1. The van der Waals surface area contributed by atoms with Gasteiger partial charge in [-0.25, -0.2) is 0 Å². The van der Waals surface area contributed by atoms with Crippen LogP contribution in [0.3, 0.4) is 0 Å². The van der Waals surface area contributed by atoms with Crippen LogP contribution in [0.5, 0.6) is 0 Å². The van der Waals surface area contributed by atoms with Gasteiger partial charge in [0, 0.05) is 27.6 Å². The second-order valence-electron chi connectivity index (χ2n) is 5.15.